The number of piperazine rings is 1. The number of hydrogen-bond acceptors (Lipinski definition) is 4. The second-order valence-electron chi connectivity index (χ2n) is 8.43. The molecule has 2 aliphatic heterocycles. The molecular weight excluding hydrogens is 394 g/mol. The molecule has 166 valence electrons. The summed E-state index contributed by atoms with van der Waals surface area (Å²) in [5, 5.41) is 3.01. The highest BCUT2D eigenvalue weighted by Crippen LogP contribution is 2.32. The van der Waals surface area contributed by atoms with Gasteiger partial charge in [0.25, 0.3) is 5.91 Å². The Morgan fingerprint density at radius 2 is 1.74 bits per heavy atom. The molecule has 0 spiro atoms. The Hall–Kier alpha value is -2.77. The van der Waals surface area contributed by atoms with E-state index in [9.17, 15) is 4.79 Å². The van der Waals surface area contributed by atoms with E-state index in [4.69, 9.17) is 14.2 Å². The van der Waals surface area contributed by atoms with Gasteiger partial charge in [-0.05, 0) is 31.2 Å². The molecule has 1 amide bonds. The van der Waals surface area contributed by atoms with Gasteiger partial charge < -0.3 is 29.3 Å². The maximum absolute atomic E-state index is 12.6. The smallest absolute Gasteiger partial charge is 0.279 e. The van der Waals surface area contributed by atoms with E-state index in [1.165, 1.54) is 20.9 Å². The third-order valence-electron chi connectivity index (χ3n) is 5.98. The molecular formula is C24H33N3O4+2. The SMILES string of the molecule is COc1ccc(C)cc1C[NH+]1CC[NH+](CC(=O)Nc2ccc3c(c2)OCCCO3)CC1. The molecule has 0 bridgehead atoms. The number of hydrogen-bond donors (Lipinski definition) is 3. The van der Waals surface area contributed by atoms with Crippen molar-refractivity contribution in [2.45, 2.75) is 19.9 Å². The van der Waals surface area contributed by atoms with Crippen molar-refractivity contribution in [3.63, 3.8) is 0 Å². The van der Waals surface area contributed by atoms with Gasteiger partial charge in [0.05, 0.1) is 20.3 Å². The first-order valence-corrected chi connectivity index (χ1v) is 11.1. The van der Waals surface area contributed by atoms with Crippen LogP contribution in [0.5, 0.6) is 17.2 Å². The van der Waals surface area contributed by atoms with Gasteiger partial charge in [-0.1, -0.05) is 11.6 Å². The lowest BCUT2D eigenvalue weighted by atomic mass is 10.1. The maximum Gasteiger partial charge on any atom is 0.279 e. The number of carbonyl (C=O) groups excluding carboxylic acids is 1. The number of amides is 1. The van der Waals surface area contributed by atoms with Crippen LogP contribution in [0.4, 0.5) is 5.69 Å². The van der Waals surface area contributed by atoms with Gasteiger partial charge in [0.2, 0.25) is 0 Å². The van der Waals surface area contributed by atoms with Crippen molar-refractivity contribution in [1.82, 2.24) is 0 Å². The number of aryl methyl sites for hydroxylation is 1. The largest absolute Gasteiger partial charge is 0.496 e. The monoisotopic (exact) mass is 427 g/mol. The molecule has 0 saturated carbocycles. The van der Waals surface area contributed by atoms with Crippen molar-refractivity contribution >= 4 is 11.6 Å². The van der Waals surface area contributed by atoms with Crippen LogP contribution in [-0.2, 0) is 11.3 Å². The third-order valence-corrected chi connectivity index (χ3v) is 5.98. The second kappa shape index (κ2) is 10.0. The van der Waals surface area contributed by atoms with Gasteiger partial charge in [-0.3, -0.25) is 4.79 Å². The summed E-state index contributed by atoms with van der Waals surface area (Å²) < 4.78 is 16.9. The van der Waals surface area contributed by atoms with Crippen LogP contribution in [0.15, 0.2) is 36.4 Å². The lowest BCUT2D eigenvalue weighted by molar-refractivity contribution is -1.02. The Balaban J connectivity index is 1.26. The minimum Gasteiger partial charge on any atom is -0.496 e. The van der Waals surface area contributed by atoms with E-state index in [0.29, 0.717) is 25.5 Å². The lowest BCUT2D eigenvalue weighted by Gasteiger charge is -2.29. The average Bonchev–Trinajstić information content (AvgIpc) is 3.00. The van der Waals surface area contributed by atoms with E-state index in [2.05, 4.69) is 30.4 Å². The fourth-order valence-electron chi connectivity index (χ4n) is 4.30. The Bertz CT molecular complexity index is 910. The number of nitrogens with one attached hydrogen (secondary N) is 3. The first-order chi connectivity index (χ1) is 15.1. The first kappa shape index (κ1) is 21.5. The van der Waals surface area contributed by atoms with E-state index in [0.717, 1.165) is 56.3 Å². The van der Waals surface area contributed by atoms with E-state index in [-0.39, 0.29) is 5.91 Å². The Labute approximate surface area is 183 Å². The first-order valence-electron chi connectivity index (χ1n) is 11.1. The van der Waals surface area contributed by atoms with Gasteiger partial charge in [-0.15, -0.1) is 0 Å². The van der Waals surface area contributed by atoms with Crippen molar-refractivity contribution in [3.8, 4) is 17.2 Å². The normalized spacial score (nSPS) is 20.6. The molecule has 1 saturated heterocycles. The summed E-state index contributed by atoms with van der Waals surface area (Å²) in [7, 11) is 1.73. The molecule has 0 aliphatic carbocycles. The summed E-state index contributed by atoms with van der Waals surface area (Å²) in [5.41, 5.74) is 3.27. The summed E-state index contributed by atoms with van der Waals surface area (Å²) in [6.45, 7) is 8.91. The molecule has 2 aliphatic rings. The molecule has 0 unspecified atom stereocenters. The summed E-state index contributed by atoms with van der Waals surface area (Å²) in [4.78, 5) is 15.4. The number of rotatable bonds is 6. The molecule has 1 fully saturated rings. The van der Waals surface area contributed by atoms with Crippen LogP contribution in [0.25, 0.3) is 0 Å². The van der Waals surface area contributed by atoms with Gasteiger partial charge in [0, 0.05) is 23.7 Å². The standard InChI is InChI=1S/C24H31N3O4/c1-18-4-6-21(29-2)19(14-18)16-26-8-10-27(11-9-26)17-24(28)25-20-5-7-22-23(15-20)31-13-3-12-30-22/h4-7,14-15H,3,8-13,16-17H2,1-2H3,(H,25,28)/p+2. The number of fused-ring (bicyclic) bond motifs is 1. The Kier molecular flexibility index (Phi) is 6.94. The molecule has 0 atom stereocenters. The van der Waals surface area contributed by atoms with Gasteiger partial charge in [0.15, 0.2) is 18.0 Å². The zero-order chi connectivity index (χ0) is 21.6. The predicted octanol–water partition coefficient (Wildman–Crippen LogP) is 0.0870. The highest BCUT2D eigenvalue weighted by Gasteiger charge is 2.26. The summed E-state index contributed by atoms with van der Waals surface area (Å²) in [6, 6.07) is 11.9. The van der Waals surface area contributed by atoms with Crippen LogP contribution in [0, 0.1) is 6.92 Å². The summed E-state index contributed by atoms with van der Waals surface area (Å²) in [5.74, 6) is 2.44. The minimum atomic E-state index is 0.0355. The number of anilines is 1. The zero-order valence-electron chi connectivity index (χ0n) is 18.5. The molecule has 2 aromatic rings. The van der Waals surface area contributed by atoms with Crippen molar-refractivity contribution < 1.29 is 28.8 Å². The predicted molar refractivity (Wildman–Crippen MR) is 118 cm³/mol. The van der Waals surface area contributed by atoms with Crippen LogP contribution < -0.4 is 29.3 Å². The van der Waals surface area contributed by atoms with Gasteiger partial charge in [0.1, 0.15) is 38.5 Å². The molecule has 2 aromatic carbocycles. The number of methoxy groups -OCH3 is 1. The fraction of sp³-hybridized carbons (Fsp3) is 0.458. The maximum atomic E-state index is 12.6. The molecule has 7 nitrogen and oxygen atoms in total. The molecule has 2 heterocycles. The van der Waals surface area contributed by atoms with E-state index in [1.807, 2.05) is 18.2 Å². The van der Waals surface area contributed by atoms with Crippen LogP contribution in [-0.4, -0.2) is 59.0 Å². The molecule has 7 heteroatoms. The number of quaternary nitrogens is 2. The second-order valence-corrected chi connectivity index (χ2v) is 8.43. The van der Waals surface area contributed by atoms with Crippen molar-refractivity contribution in [2.75, 3.05) is 58.4 Å². The quantitative estimate of drug-likeness (QED) is 0.611. The van der Waals surface area contributed by atoms with Gasteiger partial charge >= 0.3 is 0 Å². The van der Waals surface area contributed by atoms with Crippen molar-refractivity contribution in [1.29, 1.82) is 0 Å². The molecule has 4 rings (SSSR count). The van der Waals surface area contributed by atoms with E-state index < -0.39 is 0 Å². The topological polar surface area (TPSA) is 65.7 Å². The van der Waals surface area contributed by atoms with Crippen molar-refractivity contribution in [3.05, 3.63) is 47.5 Å². The Morgan fingerprint density at radius 3 is 2.52 bits per heavy atom. The van der Waals surface area contributed by atoms with Crippen LogP contribution in [0.3, 0.4) is 0 Å². The van der Waals surface area contributed by atoms with Crippen LogP contribution in [0.1, 0.15) is 17.5 Å². The molecule has 0 aromatic heterocycles. The third kappa shape index (κ3) is 5.68. The number of benzene rings is 2. The minimum absolute atomic E-state index is 0.0355. The van der Waals surface area contributed by atoms with Gasteiger partial charge in [-0.2, -0.15) is 0 Å². The van der Waals surface area contributed by atoms with Crippen LogP contribution >= 0.6 is 0 Å². The molecule has 0 radical (unpaired) electrons. The van der Waals surface area contributed by atoms with Crippen LogP contribution in [0.2, 0.25) is 0 Å². The highest BCUT2D eigenvalue weighted by atomic mass is 16.5. The van der Waals surface area contributed by atoms with E-state index in [1.54, 1.807) is 7.11 Å². The molecule has 3 N–H and O–H groups in total. The number of ether oxygens (including phenoxy) is 3. The zero-order valence-corrected chi connectivity index (χ0v) is 18.5. The summed E-state index contributed by atoms with van der Waals surface area (Å²) in [6.07, 6.45) is 0.865. The van der Waals surface area contributed by atoms with Crippen molar-refractivity contribution in [2.24, 2.45) is 0 Å². The lowest BCUT2D eigenvalue weighted by Crippen LogP contribution is -3.28. The fourth-order valence-corrected chi connectivity index (χ4v) is 4.30. The highest BCUT2D eigenvalue weighted by molar-refractivity contribution is 5.91. The van der Waals surface area contributed by atoms with Gasteiger partial charge in [-0.25, -0.2) is 0 Å². The number of carbonyl (C=O) groups is 1. The average molecular weight is 428 g/mol. The Morgan fingerprint density at radius 1 is 1.00 bits per heavy atom. The molecule has 31 heavy (non-hydrogen) atoms. The summed E-state index contributed by atoms with van der Waals surface area (Å²) >= 11 is 0. The van der Waals surface area contributed by atoms with E-state index >= 15 is 0 Å².